The summed E-state index contributed by atoms with van der Waals surface area (Å²) in [7, 11) is 0. The zero-order valence-electron chi connectivity index (χ0n) is 12.0. The van der Waals surface area contributed by atoms with Crippen LogP contribution in [-0.4, -0.2) is 27.3 Å². The van der Waals surface area contributed by atoms with E-state index in [4.69, 9.17) is 5.73 Å². The Kier molecular flexibility index (Phi) is 3.67. The van der Waals surface area contributed by atoms with Crippen LogP contribution in [0, 0.1) is 0 Å². The first-order valence-electron chi connectivity index (χ1n) is 7.38. The Hall–Kier alpha value is -1.16. The number of para-hydroxylation sites is 1. The van der Waals surface area contributed by atoms with Crippen molar-refractivity contribution in [2.24, 2.45) is 0 Å². The molecule has 3 rings (SSSR count). The molecule has 1 aromatic carbocycles. The van der Waals surface area contributed by atoms with Crippen molar-refractivity contribution in [1.82, 2.24) is 4.90 Å². The number of thioether (sulfide) groups is 1. The molecule has 2 fully saturated rings. The Bertz CT molecular complexity index is 507. The Morgan fingerprint density at radius 2 is 2.20 bits per heavy atom. The highest BCUT2D eigenvalue weighted by molar-refractivity contribution is 8.01. The van der Waals surface area contributed by atoms with Crippen molar-refractivity contribution < 1.29 is 4.79 Å². The van der Waals surface area contributed by atoms with Crippen molar-refractivity contribution >= 4 is 23.4 Å². The molecule has 0 aromatic heterocycles. The van der Waals surface area contributed by atoms with Gasteiger partial charge in [-0.15, -0.1) is 11.8 Å². The fourth-order valence-corrected chi connectivity index (χ4v) is 4.13. The Balaban J connectivity index is 1.79. The molecule has 1 saturated heterocycles. The van der Waals surface area contributed by atoms with Crippen LogP contribution in [0.15, 0.2) is 24.3 Å². The summed E-state index contributed by atoms with van der Waals surface area (Å²) in [5.41, 5.74) is 7.89. The number of rotatable bonds is 4. The predicted octanol–water partition coefficient (Wildman–Crippen LogP) is 3.05. The smallest absolute Gasteiger partial charge is 0.239 e. The first kappa shape index (κ1) is 13.8. The first-order chi connectivity index (χ1) is 9.60. The summed E-state index contributed by atoms with van der Waals surface area (Å²) in [6.07, 6.45) is 4.43. The summed E-state index contributed by atoms with van der Waals surface area (Å²) in [5.74, 6) is 1.42. The normalized spacial score (nSPS) is 25.6. The van der Waals surface area contributed by atoms with Crippen molar-refractivity contribution in [2.45, 2.75) is 49.9 Å². The molecule has 2 N–H and O–H groups in total. The van der Waals surface area contributed by atoms with Gasteiger partial charge in [-0.1, -0.05) is 18.2 Å². The maximum absolute atomic E-state index is 12.9. The lowest BCUT2D eigenvalue weighted by atomic mass is 10.0. The number of hydrogen-bond donors (Lipinski definition) is 1. The second-order valence-electron chi connectivity index (χ2n) is 6.05. The van der Waals surface area contributed by atoms with E-state index in [9.17, 15) is 4.79 Å². The summed E-state index contributed by atoms with van der Waals surface area (Å²) in [4.78, 5) is 15.0. The van der Waals surface area contributed by atoms with Crippen LogP contribution in [-0.2, 0) is 11.3 Å². The Morgan fingerprint density at radius 3 is 2.80 bits per heavy atom. The molecule has 108 valence electrons. The van der Waals surface area contributed by atoms with E-state index in [1.54, 1.807) is 0 Å². The monoisotopic (exact) mass is 290 g/mol. The standard InChI is InChI=1S/C16H22N2OS/c1-16(9-4-10-20-16)15(19)18(13-7-8-13)11-12-5-2-3-6-14(12)17/h2-3,5-6,13H,4,7-11,17H2,1H3. The largest absolute Gasteiger partial charge is 0.398 e. The van der Waals surface area contributed by atoms with Gasteiger partial charge in [0.15, 0.2) is 0 Å². The number of nitrogen functional groups attached to an aromatic ring is 1. The number of nitrogens with two attached hydrogens (primary N) is 1. The van der Waals surface area contributed by atoms with Crippen LogP contribution >= 0.6 is 11.8 Å². The number of carbonyl (C=O) groups excluding carboxylic acids is 1. The van der Waals surface area contributed by atoms with Gasteiger partial charge in [-0.25, -0.2) is 0 Å². The highest BCUT2D eigenvalue weighted by atomic mass is 32.2. The van der Waals surface area contributed by atoms with Crippen LogP contribution in [0.2, 0.25) is 0 Å². The highest BCUT2D eigenvalue weighted by Crippen LogP contribution is 2.42. The minimum atomic E-state index is -0.216. The lowest BCUT2D eigenvalue weighted by Crippen LogP contribution is -2.44. The van der Waals surface area contributed by atoms with Gasteiger partial charge in [0, 0.05) is 18.3 Å². The van der Waals surface area contributed by atoms with E-state index in [1.807, 2.05) is 36.0 Å². The molecule has 3 nitrogen and oxygen atoms in total. The van der Waals surface area contributed by atoms with Crippen molar-refractivity contribution in [1.29, 1.82) is 0 Å². The summed E-state index contributed by atoms with van der Waals surface area (Å²) >= 11 is 1.82. The van der Waals surface area contributed by atoms with Gasteiger partial charge in [-0.05, 0) is 50.0 Å². The van der Waals surface area contributed by atoms with Crippen molar-refractivity contribution in [3.63, 3.8) is 0 Å². The SMILES string of the molecule is CC1(C(=O)N(Cc2ccccc2N)C2CC2)CCCS1. The molecule has 1 aliphatic carbocycles. The molecule has 0 bridgehead atoms. The van der Waals surface area contributed by atoms with Crippen molar-refractivity contribution in [2.75, 3.05) is 11.5 Å². The van der Waals surface area contributed by atoms with E-state index >= 15 is 0 Å². The van der Waals surface area contributed by atoms with Crippen LogP contribution in [0.3, 0.4) is 0 Å². The van der Waals surface area contributed by atoms with E-state index in [2.05, 4.69) is 11.8 Å². The summed E-state index contributed by atoms with van der Waals surface area (Å²) in [6, 6.07) is 8.31. The third-order valence-electron chi connectivity index (χ3n) is 4.32. The summed E-state index contributed by atoms with van der Waals surface area (Å²) in [5, 5.41) is 0. The highest BCUT2D eigenvalue weighted by Gasteiger charge is 2.44. The van der Waals surface area contributed by atoms with Gasteiger partial charge >= 0.3 is 0 Å². The van der Waals surface area contributed by atoms with Crippen LogP contribution in [0.4, 0.5) is 5.69 Å². The van der Waals surface area contributed by atoms with E-state index in [0.29, 0.717) is 18.5 Å². The zero-order chi connectivity index (χ0) is 14.2. The molecule has 0 spiro atoms. The number of hydrogen-bond acceptors (Lipinski definition) is 3. The minimum Gasteiger partial charge on any atom is -0.398 e. The molecule has 2 aliphatic rings. The van der Waals surface area contributed by atoms with Gasteiger partial charge < -0.3 is 10.6 Å². The average Bonchev–Trinajstić information content (AvgIpc) is 3.19. The Labute approximate surface area is 124 Å². The third kappa shape index (κ3) is 2.66. The zero-order valence-corrected chi connectivity index (χ0v) is 12.8. The fourth-order valence-electron chi connectivity index (χ4n) is 2.87. The quantitative estimate of drug-likeness (QED) is 0.867. The minimum absolute atomic E-state index is 0.216. The van der Waals surface area contributed by atoms with Crippen LogP contribution in [0.1, 0.15) is 38.2 Å². The maximum Gasteiger partial charge on any atom is 0.239 e. The molecule has 1 saturated carbocycles. The van der Waals surface area contributed by atoms with Crippen molar-refractivity contribution in [3.8, 4) is 0 Å². The van der Waals surface area contributed by atoms with Crippen LogP contribution in [0.5, 0.6) is 0 Å². The van der Waals surface area contributed by atoms with Gasteiger partial charge in [-0.3, -0.25) is 4.79 Å². The molecule has 1 aliphatic heterocycles. The van der Waals surface area contributed by atoms with Crippen molar-refractivity contribution in [3.05, 3.63) is 29.8 Å². The first-order valence-corrected chi connectivity index (χ1v) is 8.37. The molecular formula is C16H22N2OS. The summed E-state index contributed by atoms with van der Waals surface area (Å²) < 4.78 is -0.216. The molecule has 1 heterocycles. The lowest BCUT2D eigenvalue weighted by Gasteiger charge is -2.31. The predicted molar refractivity (Wildman–Crippen MR) is 84.5 cm³/mol. The molecular weight excluding hydrogens is 268 g/mol. The van der Waals surface area contributed by atoms with E-state index < -0.39 is 0 Å². The van der Waals surface area contributed by atoms with Crippen LogP contribution < -0.4 is 5.73 Å². The molecule has 1 atom stereocenters. The maximum atomic E-state index is 12.9. The second-order valence-corrected chi connectivity index (χ2v) is 7.64. The van der Waals surface area contributed by atoms with Crippen LogP contribution in [0.25, 0.3) is 0 Å². The number of anilines is 1. The fraction of sp³-hybridized carbons (Fsp3) is 0.562. The van der Waals surface area contributed by atoms with E-state index in [0.717, 1.165) is 42.7 Å². The molecule has 4 heteroatoms. The van der Waals surface area contributed by atoms with E-state index in [1.165, 1.54) is 0 Å². The van der Waals surface area contributed by atoms with Gasteiger partial charge in [0.25, 0.3) is 0 Å². The number of nitrogens with zero attached hydrogens (tertiary/aromatic N) is 1. The average molecular weight is 290 g/mol. The lowest BCUT2D eigenvalue weighted by molar-refractivity contribution is -0.134. The number of benzene rings is 1. The number of amides is 1. The second kappa shape index (κ2) is 5.32. The summed E-state index contributed by atoms with van der Waals surface area (Å²) in [6.45, 7) is 2.77. The molecule has 1 unspecified atom stereocenters. The molecule has 0 radical (unpaired) electrons. The molecule has 1 aromatic rings. The van der Waals surface area contributed by atoms with Gasteiger partial charge in [-0.2, -0.15) is 0 Å². The topological polar surface area (TPSA) is 46.3 Å². The van der Waals surface area contributed by atoms with Gasteiger partial charge in [0.1, 0.15) is 0 Å². The molecule has 20 heavy (non-hydrogen) atoms. The Morgan fingerprint density at radius 1 is 1.45 bits per heavy atom. The number of carbonyl (C=O) groups is 1. The van der Waals surface area contributed by atoms with Gasteiger partial charge in [0.2, 0.25) is 5.91 Å². The van der Waals surface area contributed by atoms with Gasteiger partial charge in [0.05, 0.1) is 4.75 Å². The third-order valence-corrected chi connectivity index (χ3v) is 5.82. The molecule has 1 amide bonds. The van der Waals surface area contributed by atoms with E-state index in [-0.39, 0.29) is 4.75 Å².